The molecule has 0 aliphatic carbocycles. The first-order valence-corrected chi connectivity index (χ1v) is 5.04. The molecule has 0 aliphatic heterocycles. The average molecular weight is 212 g/mol. The number of aliphatic hydroxyl groups is 1. The minimum Gasteiger partial charge on any atom is -0.392 e. The molecule has 4 heteroatoms. The molecule has 0 aromatic rings. The van der Waals surface area contributed by atoms with E-state index in [-0.39, 0.29) is 12.8 Å². The molecule has 1 N–H and O–H groups in total. The van der Waals surface area contributed by atoms with Crippen LogP contribution >= 0.6 is 0 Å². The Labute approximate surface area is 83.3 Å². The summed E-state index contributed by atoms with van der Waals surface area (Å²) in [5, 5.41) is 9.42. The van der Waals surface area contributed by atoms with Crippen molar-refractivity contribution in [1.82, 2.24) is 0 Å². The van der Waals surface area contributed by atoms with Crippen molar-refractivity contribution in [3.63, 3.8) is 0 Å². The molecule has 14 heavy (non-hydrogen) atoms. The number of unbranched alkanes of at least 4 members (excludes halogenated alkanes) is 1. The third kappa shape index (κ3) is 2.87. The fourth-order valence-electron chi connectivity index (χ4n) is 1.49. The van der Waals surface area contributed by atoms with E-state index in [2.05, 4.69) is 0 Å². The van der Waals surface area contributed by atoms with E-state index in [4.69, 9.17) is 0 Å². The number of halogens is 3. The highest BCUT2D eigenvalue weighted by Gasteiger charge is 2.54. The van der Waals surface area contributed by atoms with Crippen molar-refractivity contribution in [3.8, 4) is 0 Å². The van der Waals surface area contributed by atoms with E-state index in [0.29, 0.717) is 12.8 Å². The monoisotopic (exact) mass is 212 g/mol. The van der Waals surface area contributed by atoms with Gasteiger partial charge >= 0.3 is 6.18 Å². The molecule has 0 aromatic carbocycles. The van der Waals surface area contributed by atoms with Gasteiger partial charge in [0.1, 0.15) is 0 Å². The summed E-state index contributed by atoms with van der Waals surface area (Å²) in [5.74, 6) is 0. The second-order valence-electron chi connectivity index (χ2n) is 3.94. The van der Waals surface area contributed by atoms with E-state index in [0.717, 1.165) is 6.92 Å². The van der Waals surface area contributed by atoms with Crippen LogP contribution in [0.1, 0.15) is 46.5 Å². The van der Waals surface area contributed by atoms with Gasteiger partial charge in [-0.2, -0.15) is 13.2 Å². The number of hydrogen-bond acceptors (Lipinski definition) is 1. The summed E-state index contributed by atoms with van der Waals surface area (Å²) < 4.78 is 38.1. The van der Waals surface area contributed by atoms with E-state index in [9.17, 15) is 18.3 Å². The molecule has 0 aliphatic rings. The van der Waals surface area contributed by atoms with E-state index in [1.54, 1.807) is 6.92 Å². The number of hydrogen-bond donors (Lipinski definition) is 1. The van der Waals surface area contributed by atoms with Gasteiger partial charge in [0.2, 0.25) is 0 Å². The summed E-state index contributed by atoms with van der Waals surface area (Å²) in [5.41, 5.74) is -1.95. The lowest BCUT2D eigenvalue weighted by atomic mass is 9.77. The average Bonchev–Trinajstić information content (AvgIpc) is 2.10. The maximum Gasteiger partial charge on any atom is 0.396 e. The highest BCUT2D eigenvalue weighted by molar-refractivity contribution is 4.88. The van der Waals surface area contributed by atoms with Crippen molar-refractivity contribution < 1.29 is 18.3 Å². The number of alkyl halides is 3. The molecule has 0 fully saturated rings. The molecule has 0 amide bonds. The lowest BCUT2D eigenvalue weighted by molar-refractivity contribution is -0.251. The molecule has 0 heterocycles. The summed E-state index contributed by atoms with van der Waals surface area (Å²) in [7, 11) is 0. The third-order valence-corrected chi connectivity index (χ3v) is 2.82. The molecule has 0 saturated heterocycles. The van der Waals surface area contributed by atoms with Gasteiger partial charge in [0.25, 0.3) is 0 Å². The van der Waals surface area contributed by atoms with Crippen LogP contribution in [0.15, 0.2) is 0 Å². The number of rotatable bonds is 5. The SMILES string of the molecule is CCCCC(C)(C(O)CC)C(F)(F)F. The van der Waals surface area contributed by atoms with Crippen molar-refractivity contribution in [1.29, 1.82) is 0 Å². The Kier molecular flexibility index (Phi) is 4.92. The van der Waals surface area contributed by atoms with Crippen molar-refractivity contribution in [2.24, 2.45) is 5.41 Å². The van der Waals surface area contributed by atoms with Gasteiger partial charge in [0.15, 0.2) is 0 Å². The lowest BCUT2D eigenvalue weighted by Gasteiger charge is -2.36. The zero-order valence-corrected chi connectivity index (χ0v) is 8.99. The Bertz CT molecular complexity index is 167. The summed E-state index contributed by atoms with van der Waals surface area (Å²) in [4.78, 5) is 0. The number of aliphatic hydroxyl groups excluding tert-OH is 1. The van der Waals surface area contributed by atoms with E-state index < -0.39 is 17.7 Å². The molecule has 2 atom stereocenters. The van der Waals surface area contributed by atoms with Crippen molar-refractivity contribution in [2.75, 3.05) is 0 Å². The van der Waals surface area contributed by atoms with Gasteiger partial charge in [-0.1, -0.05) is 26.7 Å². The fraction of sp³-hybridized carbons (Fsp3) is 1.00. The first kappa shape index (κ1) is 13.8. The first-order valence-electron chi connectivity index (χ1n) is 5.04. The molecule has 1 nitrogen and oxygen atoms in total. The van der Waals surface area contributed by atoms with Crippen LogP contribution in [0.2, 0.25) is 0 Å². The normalized spacial score (nSPS) is 19.1. The predicted octanol–water partition coefficient (Wildman–Crippen LogP) is 3.52. The van der Waals surface area contributed by atoms with E-state index in [1.807, 2.05) is 6.92 Å². The highest BCUT2D eigenvalue weighted by atomic mass is 19.4. The highest BCUT2D eigenvalue weighted by Crippen LogP contribution is 2.45. The smallest absolute Gasteiger partial charge is 0.392 e. The van der Waals surface area contributed by atoms with Gasteiger partial charge in [-0.15, -0.1) is 0 Å². The van der Waals surface area contributed by atoms with Crippen LogP contribution in [-0.2, 0) is 0 Å². The van der Waals surface area contributed by atoms with Gasteiger partial charge in [-0.05, 0) is 19.8 Å². The molecule has 0 aromatic heterocycles. The van der Waals surface area contributed by atoms with Crippen LogP contribution in [0, 0.1) is 5.41 Å². The van der Waals surface area contributed by atoms with Crippen LogP contribution < -0.4 is 0 Å². The maximum atomic E-state index is 12.7. The molecular weight excluding hydrogens is 193 g/mol. The largest absolute Gasteiger partial charge is 0.396 e. The van der Waals surface area contributed by atoms with E-state index in [1.165, 1.54) is 0 Å². The quantitative estimate of drug-likeness (QED) is 0.739. The van der Waals surface area contributed by atoms with E-state index >= 15 is 0 Å². The minimum absolute atomic E-state index is 0.00199. The summed E-state index contributed by atoms with van der Waals surface area (Å²) in [6, 6.07) is 0. The van der Waals surface area contributed by atoms with Gasteiger partial charge < -0.3 is 5.11 Å². The minimum atomic E-state index is -4.32. The van der Waals surface area contributed by atoms with Gasteiger partial charge in [0, 0.05) is 0 Å². The van der Waals surface area contributed by atoms with Gasteiger partial charge in [0.05, 0.1) is 11.5 Å². The van der Waals surface area contributed by atoms with Crippen LogP contribution in [0.3, 0.4) is 0 Å². The molecule has 0 rings (SSSR count). The van der Waals surface area contributed by atoms with Gasteiger partial charge in [-0.25, -0.2) is 0 Å². The third-order valence-electron chi connectivity index (χ3n) is 2.82. The molecule has 0 bridgehead atoms. The Morgan fingerprint density at radius 3 is 2.00 bits per heavy atom. The molecule has 2 unspecified atom stereocenters. The Morgan fingerprint density at radius 1 is 1.21 bits per heavy atom. The lowest BCUT2D eigenvalue weighted by Crippen LogP contribution is -2.45. The van der Waals surface area contributed by atoms with Crippen molar-refractivity contribution >= 4 is 0 Å². The standard InChI is InChI=1S/C10H19F3O/c1-4-6-7-9(3,8(14)5-2)10(11,12)13/h8,14H,4-7H2,1-3H3. The molecule has 86 valence electrons. The molecule has 0 saturated carbocycles. The van der Waals surface area contributed by atoms with Crippen LogP contribution in [0.25, 0.3) is 0 Å². The van der Waals surface area contributed by atoms with Crippen LogP contribution in [0.5, 0.6) is 0 Å². The molecular formula is C10H19F3O. The van der Waals surface area contributed by atoms with Crippen LogP contribution in [0.4, 0.5) is 13.2 Å². The van der Waals surface area contributed by atoms with Crippen molar-refractivity contribution in [2.45, 2.75) is 58.7 Å². The Balaban J connectivity index is 4.67. The predicted molar refractivity (Wildman–Crippen MR) is 50.0 cm³/mol. The zero-order chi connectivity index (χ0) is 11.4. The zero-order valence-electron chi connectivity index (χ0n) is 8.99. The Hall–Kier alpha value is -0.250. The second kappa shape index (κ2) is 5.01. The van der Waals surface area contributed by atoms with Crippen molar-refractivity contribution in [3.05, 3.63) is 0 Å². The summed E-state index contributed by atoms with van der Waals surface area (Å²) >= 11 is 0. The topological polar surface area (TPSA) is 20.2 Å². The molecule has 0 radical (unpaired) electrons. The first-order chi connectivity index (χ1) is 6.29. The Morgan fingerprint density at radius 2 is 1.71 bits per heavy atom. The fourth-order valence-corrected chi connectivity index (χ4v) is 1.49. The summed E-state index contributed by atoms with van der Waals surface area (Å²) in [6.45, 7) is 4.52. The summed E-state index contributed by atoms with van der Waals surface area (Å²) in [6.07, 6.45) is -4.27. The van der Waals surface area contributed by atoms with Crippen LogP contribution in [-0.4, -0.2) is 17.4 Å². The molecule has 0 spiro atoms. The van der Waals surface area contributed by atoms with Gasteiger partial charge in [-0.3, -0.25) is 0 Å². The second-order valence-corrected chi connectivity index (χ2v) is 3.94. The maximum absolute atomic E-state index is 12.7.